The van der Waals surface area contributed by atoms with Crippen LogP contribution in [0.2, 0.25) is 0 Å². The minimum atomic E-state index is -0.934. The van der Waals surface area contributed by atoms with E-state index in [1.165, 1.54) is 0 Å². The molecule has 1 N–H and O–H groups in total. The topological polar surface area (TPSA) is 55.8 Å². The van der Waals surface area contributed by atoms with E-state index in [9.17, 15) is 4.79 Å². The lowest BCUT2D eigenvalue weighted by atomic mass is 10.1. The van der Waals surface area contributed by atoms with Crippen molar-refractivity contribution in [3.63, 3.8) is 0 Å². The molecule has 15 heavy (non-hydrogen) atoms. The summed E-state index contributed by atoms with van der Waals surface area (Å²) in [6, 6.07) is 5.57. The van der Waals surface area contributed by atoms with E-state index in [0.29, 0.717) is 6.42 Å². The second kappa shape index (κ2) is 4.04. The number of carboxylic acids is 1. The number of carbonyl (C=O) groups is 1. The Morgan fingerprint density at radius 3 is 3.00 bits per heavy atom. The third kappa shape index (κ3) is 2.28. The van der Waals surface area contributed by atoms with E-state index in [0.717, 1.165) is 23.1 Å². The monoisotopic (exact) mass is 206 g/mol. The van der Waals surface area contributed by atoms with Crippen LogP contribution in [0.15, 0.2) is 30.4 Å². The number of carboxylic acid groups (broad SMARTS) is 1. The Morgan fingerprint density at radius 1 is 1.40 bits per heavy atom. The molecule has 0 radical (unpaired) electrons. The van der Waals surface area contributed by atoms with Crippen molar-refractivity contribution in [3.05, 3.63) is 35.9 Å². The highest BCUT2D eigenvalue weighted by molar-refractivity contribution is 5.79. The van der Waals surface area contributed by atoms with Crippen LogP contribution in [0.4, 0.5) is 0 Å². The summed E-state index contributed by atoms with van der Waals surface area (Å²) >= 11 is 0. The van der Waals surface area contributed by atoms with E-state index in [-0.39, 0.29) is 6.79 Å². The van der Waals surface area contributed by atoms with Crippen molar-refractivity contribution in [2.45, 2.75) is 6.42 Å². The first-order valence-corrected chi connectivity index (χ1v) is 4.54. The van der Waals surface area contributed by atoms with E-state index in [2.05, 4.69) is 0 Å². The normalized spacial score (nSPS) is 13.3. The van der Waals surface area contributed by atoms with Crippen LogP contribution in [-0.2, 0) is 11.2 Å². The Morgan fingerprint density at radius 2 is 2.20 bits per heavy atom. The van der Waals surface area contributed by atoms with Gasteiger partial charge in [-0.25, -0.2) is 4.79 Å². The Bertz CT molecular complexity index is 409. The quantitative estimate of drug-likeness (QED) is 0.763. The molecule has 0 saturated carbocycles. The third-order valence-corrected chi connectivity index (χ3v) is 2.05. The van der Waals surface area contributed by atoms with Crippen LogP contribution in [-0.4, -0.2) is 17.9 Å². The maximum Gasteiger partial charge on any atom is 0.327 e. The smallest absolute Gasteiger partial charge is 0.327 e. The summed E-state index contributed by atoms with van der Waals surface area (Å²) in [6.07, 6.45) is 3.30. The summed E-state index contributed by atoms with van der Waals surface area (Å²) in [5.41, 5.74) is 0.997. The molecular formula is C11H10O4. The van der Waals surface area contributed by atoms with Gasteiger partial charge in [-0.3, -0.25) is 0 Å². The molecule has 1 aliphatic rings. The first-order valence-electron chi connectivity index (χ1n) is 4.54. The Balaban J connectivity index is 2.07. The van der Waals surface area contributed by atoms with Gasteiger partial charge in [0.05, 0.1) is 0 Å². The zero-order valence-corrected chi connectivity index (χ0v) is 7.97. The van der Waals surface area contributed by atoms with Crippen molar-refractivity contribution in [3.8, 4) is 11.5 Å². The fourth-order valence-electron chi connectivity index (χ4n) is 1.36. The standard InChI is InChI=1S/C11H10O4/c12-11(13)3-1-2-8-4-5-9-10(6-8)15-7-14-9/h1,3-6H,2,7H2,(H,12,13). The van der Waals surface area contributed by atoms with E-state index in [1.54, 1.807) is 6.08 Å². The number of rotatable bonds is 3. The van der Waals surface area contributed by atoms with Crippen molar-refractivity contribution >= 4 is 5.97 Å². The molecular weight excluding hydrogens is 196 g/mol. The summed E-state index contributed by atoms with van der Waals surface area (Å²) < 4.78 is 10.4. The minimum Gasteiger partial charge on any atom is -0.478 e. The van der Waals surface area contributed by atoms with Crippen LogP contribution in [0, 0.1) is 0 Å². The fraction of sp³-hybridized carbons (Fsp3) is 0.182. The van der Waals surface area contributed by atoms with Gasteiger partial charge in [0, 0.05) is 6.08 Å². The van der Waals surface area contributed by atoms with Gasteiger partial charge in [0.15, 0.2) is 11.5 Å². The van der Waals surface area contributed by atoms with Gasteiger partial charge in [0.2, 0.25) is 6.79 Å². The molecule has 0 amide bonds. The number of benzene rings is 1. The molecule has 1 heterocycles. The Hall–Kier alpha value is -1.97. The SMILES string of the molecule is O=C(O)C=CCc1ccc2c(c1)OCO2. The highest BCUT2D eigenvalue weighted by Gasteiger charge is 2.12. The maximum atomic E-state index is 10.2. The maximum absolute atomic E-state index is 10.2. The van der Waals surface area contributed by atoms with Gasteiger partial charge in [0.25, 0.3) is 0 Å². The molecule has 1 aromatic carbocycles. The Labute approximate surface area is 86.7 Å². The van der Waals surface area contributed by atoms with Crippen molar-refractivity contribution < 1.29 is 19.4 Å². The lowest BCUT2D eigenvalue weighted by Gasteiger charge is -1.98. The molecule has 0 unspecified atom stereocenters. The number of ether oxygens (including phenoxy) is 2. The largest absolute Gasteiger partial charge is 0.478 e. The molecule has 0 bridgehead atoms. The molecule has 4 nitrogen and oxygen atoms in total. The zero-order valence-electron chi connectivity index (χ0n) is 7.97. The lowest BCUT2D eigenvalue weighted by Crippen LogP contribution is -1.92. The highest BCUT2D eigenvalue weighted by Crippen LogP contribution is 2.32. The molecule has 0 fully saturated rings. The summed E-state index contributed by atoms with van der Waals surface area (Å²) in [4.78, 5) is 10.2. The predicted molar refractivity (Wildman–Crippen MR) is 53.0 cm³/mol. The van der Waals surface area contributed by atoms with Gasteiger partial charge in [-0.1, -0.05) is 12.1 Å². The molecule has 78 valence electrons. The fourth-order valence-corrected chi connectivity index (χ4v) is 1.36. The highest BCUT2D eigenvalue weighted by atomic mass is 16.7. The van der Waals surface area contributed by atoms with Crippen LogP contribution in [0.1, 0.15) is 5.56 Å². The van der Waals surface area contributed by atoms with E-state index >= 15 is 0 Å². The molecule has 0 atom stereocenters. The van der Waals surface area contributed by atoms with Crippen molar-refractivity contribution in [1.82, 2.24) is 0 Å². The third-order valence-electron chi connectivity index (χ3n) is 2.05. The average Bonchev–Trinajstić information content (AvgIpc) is 2.64. The second-order valence-electron chi connectivity index (χ2n) is 3.13. The molecule has 1 aliphatic heterocycles. The molecule has 1 aromatic rings. The summed E-state index contributed by atoms with van der Waals surface area (Å²) in [7, 11) is 0. The molecule has 2 rings (SSSR count). The number of hydrogen-bond acceptors (Lipinski definition) is 3. The van der Waals surface area contributed by atoms with Crippen LogP contribution in [0.3, 0.4) is 0 Å². The molecule has 0 aromatic heterocycles. The zero-order chi connectivity index (χ0) is 10.7. The van der Waals surface area contributed by atoms with Crippen LogP contribution in [0.25, 0.3) is 0 Å². The lowest BCUT2D eigenvalue weighted by molar-refractivity contribution is -0.131. The summed E-state index contributed by atoms with van der Waals surface area (Å²) in [6.45, 7) is 0.254. The first kappa shape index (κ1) is 9.58. The number of allylic oxidation sites excluding steroid dienone is 1. The predicted octanol–water partition coefficient (Wildman–Crippen LogP) is 1.60. The van der Waals surface area contributed by atoms with Gasteiger partial charge in [0.1, 0.15) is 0 Å². The van der Waals surface area contributed by atoms with Gasteiger partial charge >= 0.3 is 5.97 Å². The van der Waals surface area contributed by atoms with E-state index in [4.69, 9.17) is 14.6 Å². The minimum absolute atomic E-state index is 0.254. The van der Waals surface area contributed by atoms with Gasteiger partial charge < -0.3 is 14.6 Å². The molecule has 0 spiro atoms. The van der Waals surface area contributed by atoms with Gasteiger partial charge in [-0.05, 0) is 24.1 Å². The van der Waals surface area contributed by atoms with Crippen LogP contribution in [0.5, 0.6) is 11.5 Å². The van der Waals surface area contributed by atoms with Crippen molar-refractivity contribution in [2.24, 2.45) is 0 Å². The average molecular weight is 206 g/mol. The second-order valence-corrected chi connectivity index (χ2v) is 3.13. The van der Waals surface area contributed by atoms with Crippen molar-refractivity contribution in [1.29, 1.82) is 0 Å². The molecule has 0 saturated heterocycles. The van der Waals surface area contributed by atoms with Gasteiger partial charge in [-0.15, -0.1) is 0 Å². The Kier molecular flexibility index (Phi) is 2.58. The molecule has 4 heteroatoms. The number of aliphatic carboxylic acids is 1. The van der Waals surface area contributed by atoms with Gasteiger partial charge in [-0.2, -0.15) is 0 Å². The van der Waals surface area contributed by atoms with Crippen LogP contribution >= 0.6 is 0 Å². The van der Waals surface area contributed by atoms with Crippen LogP contribution < -0.4 is 9.47 Å². The first-order chi connectivity index (χ1) is 7.25. The summed E-state index contributed by atoms with van der Waals surface area (Å²) in [5.74, 6) is 0.521. The number of fused-ring (bicyclic) bond motifs is 1. The molecule has 0 aliphatic carbocycles. The van der Waals surface area contributed by atoms with Crippen molar-refractivity contribution in [2.75, 3.05) is 6.79 Å². The van der Waals surface area contributed by atoms with E-state index < -0.39 is 5.97 Å². The van der Waals surface area contributed by atoms with E-state index in [1.807, 2.05) is 18.2 Å². The number of hydrogen-bond donors (Lipinski definition) is 1. The summed E-state index contributed by atoms with van der Waals surface area (Å²) in [5, 5.41) is 8.41.